The fraction of sp³-hybridized carbons (Fsp3) is 0.364. The first-order valence-corrected chi connectivity index (χ1v) is 5.42. The number of carboxylic acids is 1. The van der Waals surface area contributed by atoms with Crippen LogP contribution >= 0.6 is 0 Å². The minimum Gasteiger partial charge on any atom is -0.487 e. The molecular weight excluding hydrogens is 283 g/mol. The molecule has 20 heavy (non-hydrogen) atoms. The normalized spacial score (nSPS) is 11.2. The summed E-state index contributed by atoms with van der Waals surface area (Å²) in [6, 6.07) is 2.92. The number of nitrogens with zero attached hydrogens (tertiary/aromatic N) is 1. The Morgan fingerprint density at radius 2 is 2.05 bits per heavy atom. The molecule has 0 unspecified atom stereocenters. The average molecular weight is 293 g/mol. The minimum absolute atomic E-state index is 0.262. The number of nitro groups is 1. The number of hydrogen-bond acceptors (Lipinski definition) is 4. The minimum atomic E-state index is -4.32. The molecular formula is C11H10F3NO5. The predicted octanol–water partition coefficient (Wildman–Crippen LogP) is 3.01. The third-order valence-electron chi connectivity index (χ3n) is 2.26. The van der Waals surface area contributed by atoms with Gasteiger partial charge in [-0.15, -0.1) is 0 Å². The van der Waals surface area contributed by atoms with E-state index in [4.69, 9.17) is 9.84 Å². The van der Waals surface area contributed by atoms with Gasteiger partial charge in [-0.3, -0.25) is 10.1 Å². The van der Waals surface area contributed by atoms with Gasteiger partial charge in [-0.1, -0.05) is 0 Å². The highest BCUT2D eigenvalue weighted by atomic mass is 19.4. The van der Waals surface area contributed by atoms with Crippen molar-refractivity contribution in [2.75, 3.05) is 6.61 Å². The molecule has 0 aromatic heterocycles. The van der Waals surface area contributed by atoms with Crippen molar-refractivity contribution >= 4 is 11.7 Å². The van der Waals surface area contributed by atoms with Gasteiger partial charge in [-0.2, -0.15) is 13.2 Å². The molecule has 9 heteroatoms. The smallest absolute Gasteiger partial charge is 0.389 e. The molecule has 0 bridgehead atoms. The highest BCUT2D eigenvalue weighted by molar-refractivity contribution is 5.88. The third kappa shape index (κ3) is 4.75. The molecule has 0 saturated heterocycles. The maximum Gasteiger partial charge on any atom is 0.389 e. The molecule has 0 saturated carbocycles. The lowest BCUT2D eigenvalue weighted by Crippen LogP contribution is -2.10. The largest absolute Gasteiger partial charge is 0.487 e. The Morgan fingerprint density at radius 3 is 2.55 bits per heavy atom. The van der Waals surface area contributed by atoms with E-state index < -0.39 is 29.2 Å². The fourth-order valence-electron chi connectivity index (χ4n) is 1.37. The molecule has 1 N–H and O–H groups in total. The standard InChI is InChI=1S/C11H10F3NO5/c12-11(13,14)4-1-5-20-9-3-2-7(10(16)17)6-8(9)15(18)19/h2-3,6H,1,4-5H2,(H,16,17). The second kappa shape index (κ2) is 6.22. The zero-order valence-corrected chi connectivity index (χ0v) is 10.0. The first kappa shape index (κ1) is 15.7. The quantitative estimate of drug-likeness (QED) is 0.494. The summed E-state index contributed by atoms with van der Waals surface area (Å²) < 4.78 is 40.6. The maximum absolute atomic E-state index is 11.9. The maximum atomic E-state index is 11.9. The SMILES string of the molecule is O=C(O)c1ccc(OCCCC(F)(F)F)c([N+](=O)[O-])c1. The van der Waals surface area contributed by atoms with Crippen LogP contribution in [0.15, 0.2) is 18.2 Å². The van der Waals surface area contributed by atoms with Crippen molar-refractivity contribution in [3.63, 3.8) is 0 Å². The molecule has 0 aliphatic rings. The predicted molar refractivity (Wildman–Crippen MR) is 60.8 cm³/mol. The summed E-state index contributed by atoms with van der Waals surface area (Å²) in [6.07, 6.45) is -5.72. The molecule has 6 nitrogen and oxygen atoms in total. The Hall–Kier alpha value is -2.32. The number of ether oxygens (including phenoxy) is 1. The van der Waals surface area contributed by atoms with Gasteiger partial charge in [0.15, 0.2) is 5.75 Å². The molecule has 0 atom stereocenters. The van der Waals surface area contributed by atoms with Crippen LogP contribution in [0.3, 0.4) is 0 Å². The molecule has 110 valence electrons. The summed E-state index contributed by atoms with van der Waals surface area (Å²) in [7, 11) is 0. The number of carbonyl (C=O) groups is 1. The van der Waals surface area contributed by atoms with Gasteiger partial charge in [-0.05, 0) is 18.6 Å². The van der Waals surface area contributed by atoms with Crippen molar-refractivity contribution in [2.45, 2.75) is 19.0 Å². The molecule has 0 aliphatic heterocycles. The van der Waals surface area contributed by atoms with Crippen LogP contribution < -0.4 is 4.74 Å². The van der Waals surface area contributed by atoms with Crippen LogP contribution in [0.2, 0.25) is 0 Å². The van der Waals surface area contributed by atoms with E-state index in [9.17, 15) is 28.1 Å². The highest BCUT2D eigenvalue weighted by Crippen LogP contribution is 2.29. The van der Waals surface area contributed by atoms with E-state index in [1.165, 1.54) is 0 Å². The first-order valence-electron chi connectivity index (χ1n) is 5.42. The Labute approximate surface area is 110 Å². The number of alkyl halides is 3. The summed E-state index contributed by atoms with van der Waals surface area (Å²) in [4.78, 5) is 20.6. The molecule has 0 radical (unpaired) electrons. The van der Waals surface area contributed by atoms with Gasteiger partial charge >= 0.3 is 17.8 Å². The number of rotatable bonds is 6. The molecule has 0 amide bonds. The molecule has 0 fully saturated rings. The van der Waals surface area contributed by atoms with Gasteiger partial charge in [-0.25, -0.2) is 4.79 Å². The molecule has 1 aromatic carbocycles. The van der Waals surface area contributed by atoms with E-state index in [-0.39, 0.29) is 24.3 Å². The fourth-order valence-corrected chi connectivity index (χ4v) is 1.37. The summed E-state index contributed by atoms with van der Waals surface area (Å²) in [5, 5.41) is 19.4. The van der Waals surface area contributed by atoms with Crippen LogP contribution in [0.1, 0.15) is 23.2 Å². The molecule has 1 aromatic rings. The van der Waals surface area contributed by atoms with E-state index in [1.54, 1.807) is 0 Å². The Kier molecular flexibility index (Phi) is 4.89. The average Bonchev–Trinajstić information content (AvgIpc) is 2.33. The van der Waals surface area contributed by atoms with Gasteiger partial charge in [0.25, 0.3) is 0 Å². The Balaban J connectivity index is 2.75. The van der Waals surface area contributed by atoms with E-state index >= 15 is 0 Å². The highest BCUT2D eigenvalue weighted by Gasteiger charge is 2.26. The van der Waals surface area contributed by atoms with Crippen LogP contribution in [0, 0.1) is 10.1 Å². The number of benzene rings is 1. The van der Waals surface area contributed by atoms with E-state index in [1.807, 2.05) is 0 Å². The number of halogens is 3. The van der Waals surface area contributed by atoms with Gasteiger partial charge in [0.05, 0.1) is 17.1 Å². The van der Waals surface area contributed by atoms with Gasteiger partial charge in [0.1, 0.15) is 0 Å². The van der Waals surface area contributed by atoms with Crippen molar-refractivity contribution < 1.29 is 32.7 Å². The lowest BCUT2D eigenvalue weighted by Gasteiger charge is -2.08. The Morgan fingerprint density at radius 1 is 1.40 bits per heavy atom. The summed E-state index contributed by atoms with van der Waals surface area (Å²) in [6.45, 7) is -0.354. The number of hydrogen-bond donors (Lipinski definition) is 1. The van der Waals surface area contributed by atoms with E-state index in [0.29, 0.717) is 0 Å². The second-order valence-electron chi connectivity index (χ2n) is 3.81. The number of carboxylic acid groups (broad SMARTS) is 1. The van der Waals surface area contributed by atoms with Crippen LogP contribution in [0.5, 0.6) is 5.75 Å². The van der Waals surface area contributed by atoms with Crippen LogP contribution in [0.4, 0.5) is 18.9 Å². The van der Waals surface area contributed by atoms with Crippen LogP contribution in [-0.4, -0.2) is 28.8 Å². The summed E-state index contributed by atoms with van der Waals surface area (Å²) in [5.74, 6) is -1.61. The van der Waals surface area contributed by atoms with Crippen molar-refractivity contribution in [3.05, 3.63) is 33.9 Å². The molecule has 1 rings (SSSR count). The van der Waals surface area contributed by atoms with Gasteiger partial charge in [0.2, 0.25) is 0 Å². The van der Waals surface area contributed by atoms with Crippen molar-refractivity contribution in [3.8, 4) is 5.75 Å². The molecule has 0 heterocycles. The lowest BCUT2D eigenvalue weighted by molar-refractivity contribution is -0.385. The van der Waals surface area contributed by atoms with Crippen molar-refractivity contribution in [1.29, 1.82) is 0 Å². The van der Waals surface area contributed by atoms with Crippen molar-refractivity contribution in [2.24, 2.45) is 0 Å². The zero-order valence-electron chi connectivity index (χ0n) is 10.0. The van der Waals surface area contributed by atoms with Crippen LogP contribution in [-0.2, 0) is 0 Å². The first-order chi connectivity index (χ1) is 9.20. The molecule has 0 aliphatic carbocycles. The van der Waals surface area contributed by atoms with Gasteiger partial charge in [0, 0.05) is 12.5 Å². The zero-order chi connectivity index (χ0) is 15.3. The third-order valence-corrected chi connectivity index (χ3v) is 2.26. The monoisotopic (exact) mass is 293 g/mol. The summed E-state index contributed by atoms with van der Waals surface area (Å²) in [5.41, 5.74) is -0.906. The van der Waals surface area contributed by atoms with E-state index in [0.717, 1.165) is 18.2 Å². The van der Waals surface area contributed by atoms with E-state index in [2.05, 4.69) is 0 Å². The number of nitro benzene ring substituents is 1. The second-order valence-corrected chi connectivity index (χ2v) is 3.81. The molecule has 0 spiro atoms. The Bertz CT molecular complexity index is 515. The van der Waals surface area contributed by atoms with Gasteiger partial charge < -0.3 is 9.84 Å². The summed E-state index contributed by atoms with van der Waals surface area (Å²) >= 11 is 0. The topological polar surface area (TPSA) is 89.7 Å². The van der Waals surface area contributed by atoms with Crippen LogP contribution in [0.25, 0.3) is 0 Å². The van der Waals surface area contributed by atoms with Crippen molar-refractivity contribution in [1.82, 2.24) is 0 Å². The number of aromatic carboxylic acids is 1. The lowest BCUT2D eigenvalue weighted by atomic mass is 10.2.